The summed E-state index contributed by atoms with van der Waals surface area (Å²) in [5, 5.41) is 1.76. The maximum atomic E-state index is 12.8. The van der Waals surface area contributed by atoms with Crippen LogP contribution >= 0.6 is 11.6 Å². The molecule has 0 heterocycles. The number of ether oxygens (including phenoxy) is 1. The van der Waals surface area contributed by atoms with Crippen LogP contribution < -0.4 is 9.46 Å². The summed E-state index contributed by atoms with van der Waals surface area (Å²) in [6, 6.07) is 18.1. The zero-order valence-electron chi connectivity index (χ0n) is 14.4. The van der Waals surface area contributed by atoms with Crippen LogP contribution in [-0.4, -0.2) is 21.6 Å². The Balaban J connectivity index is 1.81. The molecule has 0 radical (unpaired) electrons. The second kappa shape index (κ2) is 8.08. The van der Waals surface area contributed by atoms with Crippen LogP contribution in [0.25, 0.3) is 10.8 Å². The Hall–Kier alpha value is -2.08. The van der Waals surface area contributed by atoms with Gasteiger partial charge in [0.25, 0.3) is 0 Å². The standard InChI is InChI=1S/C20H20ClNO3S/c1-2-25-18-11-4-3-7-15(18)13-14-22-26(23,24)19-12-6-9-16-8-5-10-17(21)20(16)19/h3-12,22H,2,13-14H2,1H3. The molecule has 0 aliphatic rings. The molecule has 0 aromatic heterocycles. The molecule has 3 aromatic carbocycles. The molecule has 3 aromatic rings. The number of nitrogens with one attached hydrogen (secondary N) is 1. The molecule has 0 aliphatic carbocycles. The highest BCUT2D eigenvalue weighted by atomic mass is 35.5. The Morgan fingerprint density at radius 2 is 1.73 bits per heavy atom. The minimum absolute atomic E-state index is 0.193. The minimum Gasteiger partial charge on any atom is -0.494 e. The van der Waals surface area contributed by atoms with Crippen molar-refractivity contribution in [3.05, 3.63) is 71.2 Å². The lowest BCUT2D eigenvalue weighted by Gasteiger charge is -2.12. The van der Waals surface area contributed by atoms with Crippen LogP contribution in [0.5, 0.6) is 5.75 Å². The molecule has 0 atom stereocenters. The molecular formula is C20H20ClNO3S. The van der Waals surface area contributed by atoms with Gasteiger partial charge in [0.05, 0.1) is 11.5 Å². The molecule has 4 nitrogen and oxygen atoms in total. The van der Waals surface area contributed by atoms with Gasteiger partial charge in [-0.2, -0.15) is 0 Å². The number of hydrogen-bond donors (Lipinski definition) is 1. The number of benzene rings is 3. The summed E-state index contributed by atoms with van der Waals surface area (Å²) >= 11 is 6.24. The molecule has 0 fully saturated rings. The van der Waals surface area contributed by atoms with Gasteiger partial charge in [-0.05, 0) is 42.5 Å². The van der Waals surface area contributed by atoms with Crippen LogP contribution in [0.1, 0.15) is 12.5 Å². The van der Waals surface area contributed by atoms with Crippen molar-refractivity contribution < 1.29 is 13.2 Å². The third kappa shape index (κ3) is 4.01. The average Bonchev–Trinajstić information content (AvgIpc) is 2.63. The molecule has 0 saturated carbocycles. The highest BCUT2D eigenvalue weighted by Crippen LogP contribution is 2.29. The summed E-state index contributed by atoms with van der Waals surface area (Å²) in [6.07, 6.45) is 0.536. The number of para-hydroxylation sites is 1. The Bertz CT molecular complexity index is 1010. The zero-order valence-corrected chi connectivity index (χ0v) is 16.0. The van der Waals surface area contributed by atoms with Crippen LogP contribution in [0, 0.1) is 0 Å². The Kier molecular flexibility index (Phi) is 5.81. The first kappa shape index (κ1) is 18.7. The summed E-state index contributed by atoms with van der Waals surface area (Å²) < 4.78 is 33.8. The van der Waals surface area contributed by atoms with Crippen molar-refractivity contribution in [1.82, 2.24) is 4.72 Å². The maximum Gasteiger partial charge on any atom is 0.241 e. The molecule has 0 unspecified atom stereocenters. The van der Waals surface area contributed by atoms with Crippen LogP contribution in [0.4, 0.5) is 0 Å². The first-order valence-electron chi connectivity index (χ1n) is 8.40. The van der Waals surface area contributed by atoms with E-state index in [9.17, 15) is 8.42 Å². The van der Waals surface area contributed by atoms with Crippen LogP contribution in [0.15, 0.2) is 65.6 Å². The van der Waals surface area contributed by atoms with E-state index in [1.54, 1.807) is 24.3 Å². The van der Waals surface area contributed by atoms with E-state index in [0.717, 1.165) is 16.7 Å². The summed E-state index contributed by atoms with van der Waals surface area (Å²) in [5.41, 5.74) is 0.966. The summed E-state index contributed by atoms with van der Waals surface area (Å²) in [7, 11) is -3.68. The van der Waals surface area contributed by atoms with Gasteiger partial charge in [0.1, 0.15) is 5.75 Å². The van der Waals surface area contributed by atoms with Gasteiger partial charge in [-0.3, -0.25) is 0 Å². The number of sulfonamides is 1. The molecule has 1 N–H and O–H groups in total. The Morgan fingerprint density at radius 3 is 2.50 bits per heavy atom. The van der Waals surface area contributed by atoms with Gasteiger partial charge in [0, 0.05) is 17.0 Å². The molecule has 26 heavy (non-hydrogen) atoms. The number of fused-ring (bicyclic) bond motifs is 1. The fourth-order valence-electron chi connectivity index (χ4n) is 2.89. The maximum absolute atomic E-state index is 12.8. The highest BCUT2D eigenvalue weighted by Gasteiger charge is 2.18. The molecule has 0 amide bonds. The predicted octanol–water partition coefficient (Wildman–Crippen LogP) is 4.41. The van der Waals surface area contributed by atoms with Crippen molar-refractivity contribution in [1.29, 1.82) is 0 Å². The summed E-state index contributed by atoms with van der Waals surface area (Å²) in [6.45, 7) is 2.76. The monoisotopic (exact) mass is 389 g/mol. The minimum atomic E-state index is -3.68. The van der Waals surface area contributed by atoms with Gasteiger partial charge in [0.2, 0.25) is 10.0 Å². The van der Waals surface area contributed by atoms with Gasteiger partial charge in [-0.15, -0.1) is 0 Å². The molecule has 3 rings (SSSR count). The third-order valence-corrected chi connectivity index (χ3v) is 5.88. The molecular weight excluding hydrogens is 370 g/mol. The molecule has 0 saturated heterocycles. The Labute approximate surface area is 158 Å². The van der Waals surface area contributed by atoms with Crippen molar-refractivity contribution in [2.75, 3.05) is 13.2 Å². The van der Waals surface area contributed by atoms with E-state index in [2.05, 4.69) is 4.72 Å². The highest BCUT2D eigenvalue weighted by molar-refractivity contribution is 7.89. The summed E-state index contributed by atoms with van der Waals surface area (Å²) in [4.78, 5) is 0.193. The van der Waals surface area contributed by atoms with Gasteiger partial charge >= 0.3 is 0 Å². The zero-order chi connectivity index (χ0) is 18.6. The molecule has 136 valence electrons. The van der Waals surface area contributed by atoms with E-state index >= 15 is 0 Å². The lowest BCUT2D eigenvalue weighted by molar-refractivity contribution is 0.336. The predicted molar refractivity (Wildman–Crippen MR) is 105 cm³/mol. The van der Waals surface area contributed by atoms with Crippen molar-refractivity contribution in [2.45, 2.75) is 18.2 Å². The van der Waals surface area contributed by atoms with Gasteiger partial charge in [-0.1, -0.05) is 54.1 Å². The number of hydrogen-bond acceptors (Lipinski definition) is 3. The molecule has 0 bridgehead atoms. The Morgan fingerprint density at radius 1 is 1.00 bits per heavy atom. The van der Waals surface area contributed by atoms with Crippen molar-refractivity contribution in [2.24, 2.45) is 0 Å². The van der Waals surface area contributed by atoms with Gasteiger partial charge in [0.15, 0.2) is 0 Å². The second-order valence-corrected chi connectivity index (χ2v) is 7.93. The van der Waals surface area contributed by atoms with Crippen LogP contribution in [0.3, 0.4) is 0 Å². The van der Waals surface area contributed by atoms with E-state index in [-0.39, 0.29) is 11.4 Å². The SMILES string of the molecule is CCOc1ccccc1CCNS(=O)(=O)c1cccc2cccc(Cl)c12. The number of rotatable bonds is 7. The van der Waals surface area contributed by atoms with Crippen molar-refractivity contribution in [3.8, 4) is 5.75 Å². The average molecular weight is 390 g/mol. The molecule has 0 spiro atoms. The van der Waals surface area contributed by atoms with Crippen LogP contribution in [-0.2, 0) is 16.4 Å². The summed E-state index contributed by atoms with van der Waals surface area (Å²) in [5.74, 6) is 0.780. The second-order valence-electron chi connectivity index (χ2n) is 5.78. The first-order chi connectivity index (χ1) is 12.5. The van der Waals surface area contributed by atoms with Crippen LogP contribution in [0.2, 0.25) is 5.02 Å². The lowest BCUT2D eigenvalue weighted by Crippen LogP contribution is -2.26. The van der Waals surface area contributed by atoms with E-state index < -0.39 is 10.0 Å². The first-order valence-corrected chi connectivity index (χ1v) is 10.3. The third-order valence-electron chi connectivity index (χ3n) is 4.06. The largest absolute Gasteiger partial charge is 0.494 e. The van der Waals surface area contributed by atoms with Crippen molar-refractivity contribution >= 4 is 32.4 Å². The lowest BCUT2D eigenvalue weighted by atomic mass is 10.1. The van der Waals surface area contributed by atoms with E-state index in [0.29, 0.717) is 23.4 Å². The smallest absolute Gasteiger partial charge is 0.241 e. The fourth-order valence-corrected chi connectivity index (χ4v) is 4.51. The van der Waals surface area contributed by atoms with E-state index in [4.69, 9.17) is 16.3 Å². The van der Waals surface area contributed by atoms with E-state index in [1.165, 1.54) is 0 Å². The normalized spacial score (nSPS) is 11.6. The van der Waals surface area contributed by atoms with Gasteiger partial charge < -0.3 is 4.74 Å². The molecule has 6 heteroatoms. The number of halogens is 1. The quantitative estimate of drug-likeness (QED) is 0.651. The fraction of sp³-hybridized carbons (Fsp3) is 0.200. The molecule has 0 aliphatic heterocycles. The van der Waals surface area contributed by atoms with Crippen molar-refractivity contribution in [3.63, 3.8) is 0 Å². The topological polar surface area (TPSA) is 55.4 Å². The van der Waals surface area contributed by atoms with Gasteiger partial charge in [-0.25, -0.2) is 13.1 Å². The van der Waals surface area contributed by atoms with E-state index in [1.807, 2.05) is 43.3 Å².